The zero-order valence-electron chi connectivity index (χ0n) is 10.6. The minimum Gasteiger partial charge on any atom is -0.489 e. The van der Waals surface area contributed by atoms with Crippen LogP contribution in [0.25, 0.3) is 11.1 Å². The zero-order chi connectivity index (χ0) is 15.8. The van der Waals surface area contributed by atoms with Gasteiger partial charge in [0.1, 0.15) is 47.8 Å². The Bertz CT molecular complexity index is 816. The van der Waals surface area contributed by atoms with Crippen LogP contribution in [0.1, 0.15) is 0 Å². The highest BCUT2D eigenvalue weighted by Crippen LogP contribution is 2.18. The fourth-order valence-corrected chi connectivity index (χ4v) is 2.18. The summed E-state index contributed by atoms with van der Waals surface area (Å²) in [6, 6.07) is 9.86. The van der Waals surface area contributed by atoms with Gasteiger partial charge in [-0.05, 0) is 22.0 Å². The van der Waals surface area contributed by atoms with Gasteiger partial charge in [0.2, 0.25) is 0 Å². The van der Waals surface area contributed by atoms with E-state index in [4.69, 9.17) is 30.9 Å². The van der Waals surface area contributed by atoms with Gasteiger partial charge >= 0.3 is 0 Å². The fraction of sp³-hybridized carbons (Fsp3) is 0.143. The number of aliphatic hydroxyl groups excluding tert-OH is 1. The number of nitriles is 4. The van der Waals surface area contributed by atoms with Crippen LogP contribution >= 0.6 is 15.9 Å². The summed E-state index contributed by atoms with van der Waals surface area (Å²) in [7, 11) is 0. The molecule has 102 valence electrons. The molecule has 7 heteroatoms. The average Bonchev–Trinajstić information content (AvgIpc) is 2.50. The monoisotopic (exact) mass is 342 g/mol. The van der Waals surface area contributed by atoms with E-state index in [0.717, 1.165) is 0 Å². The topological polar surface area (TPSA) is 125 Å². The highest BCUT2D eigenvalue weighted by Gasteiger charge is 2.11. The Hall–Kier alpha value is -2.84. The van der Waals surface area contributed by atoms with Gasteiger partial charge < -0.3 is 9.84 Å². The van der Waals surface area contributed by atoms with E-state index in [-0.39, 0.29) is 45.0 Å². The number of ether oxygens (including phenoxy) is 1. The van der Waals surface area contributed by atoms with E-state index in [9.17, 15) is 0 Å². The van der Waals surface area contributed by atoms with Crippen molar-refractivity contribution in [3.05, 3.63) is 27.0 Å². The SMILES string of the molecule is N#CC(C#N)=c1ccc(=C(C#N)C#N)c(OCCO)c1Br. The van der Waals surface area contributed by atoms with Crippen LogP contribution in [0.15, 0.2) is 16.6 Å². The molecule has 0 bridgehead atoms. The molecule has 1 aromatic rings. The molecule has 0 saturated carbocycles. The second kappa shape index (κ2) is 7.68. The number of rotatable bonds is 3. The van der Waals surface area contributed by atoms with Gasteiger partial charge in [-0.1, -0.05) is 6.07 Å². The minimum absolute atomic E-state index is 0.0619. The predicted molar refractivity (Wildman–Crippen MR) is 75.2 cm³/mol. The zero-order valence-corrected chi connectivity index (χ0v) is 12.2. The first kappa shape index (κ1) is 16.2. The Kier molecular flexibility index (Phi) is 5.93. The van der Waals surface area contributed by atoms with Crippen LogP contribution in [0, 0.1) is 45.3 Å². The summed E-state index contributed by atoms with van der Waals surface area (Å²) in [5.41, 5.74) is -0.316. The lowest BCUT2D eigenvalue weighted by Crippen LogP contribution is -2.20. The van der Waals surface area contributed by atoms with E-state index in [1.165, 1.54) is 12.1 Å². The lowest BCUT2D eigenvalue weighted by Gasteiger charge is -2.08. The second-order valence-corrected chi connectivity index (χ2v) is 4.37. The van der Waals surface area contributed by atoms with Crippen molar-refractivity contribution < 1.29 is 9.84 Å². The van der Waals surface area contributed by atoms with Crippen molar-refractivity contribution in [2.75, 3.05) is 13.2 Å². The van der Waals surface area contributed by atoms with Crippen molar-refractivity contribution in [1.82, 2.24) is 0 Å². The minimum atomic E-state index is -0.266. The predicted octanol–water partition coefficient (Wildman–Crippen LogP) is 0.216. The molecular formula is C14H7BrN4O2. The first-order chi connectivity index (χ1) is 10.1. The van der Waals surface area contributed by atoms with E-state index in [1.807, 2.05) is 0 Å². The van der Waals surface area contributed by atoms with Gasteiger partial charge in [0.15, 0.2) is 0 Å². The summed E-state index contributed by atoms with van der Waals surface area (Å²) in [5.74, 6) is 0.127. The van der Waals surface area contributed by atoms with E-state index in [1.54, 1.807) is 24.3 Å². The van der Waals surface area contributed by atoms with Crippen LogP contribution in [0.5, 0.6) is 5.75 Å². The number of hydrogen-bond donors (Lipinski definition) is 1. The van der Waals surface area contributed by atoms with Crippen LogP contribution in [-0.2, 0) is 0 Å². The largest absolute Gasteiger partial charge is 0.489 e. The van der Waals surface area contributed by atoms with E-state index in [0.29, 0.717) is 0 Å². The molecule has 0 saturated heterocycles. The maximum Gasteiger partial charge on any atom is 0.143 e. The summed E-state index contributed by atoms with van der Waals surface area (Å²) in [6.07, 6.45) is 0. The summed E-state index contributed by atoms with van der Waals surface area (Å²) in [5, 5.41) is 45.1. The number of hydrogen-bond acceptors (Lipinski definition) is 6. The lowest BCUT2D eigenvalue weighted by atomic mass is 10.1. The standard InChI is InChI=1S/C14H7BrN4O2/c15-13-11(9(5-16)6-17)1-2-12(10(7-18)8-19)14(13)21-4-3-20/h1-2,20H,3-4H2. The third kappa shape index (κ3) is 3.38. The molecule has 0 amide bonds. The van der Waals surface area contributed by atoms with Gasteiger partial charge in [-0.25, -0.2) is 0 Å². The molecule has 1 aromatic carbocycles. The Labute approximate surface area is 128 Å². The Morgan fingerprint density at radius 3 is 1.95 bits per heavy atom. The van der Waals surface area contributed by atoms with Crippen LogP contribution in [-0.4, -0.2) is 18.3 Å². The molecule has 0 atom stereocenters. The number of benzene rings is 1. The highest BCUT2D eigenvalue weighted by molar-refractivity contribution is 9.10. The van der Waals surface area contributed by atoms with E-state index >= 15 is 0 Å². The lowest BCUT2D eigenvalue weighted by molar-refractivity contribution is 0.199. The average molecular weight is 343 g/mol. The molecule has 0 fully saturated rings. The molecule has 0 spiro atoms. The normalized spacial score (nSPS) is 8.67. The maximum absolute atomic E-state index is 8.95. The molecule has 6 nitrogen and oxygen atoms in total. The molecule has 0 radical (unpaired) electrons. The van der Waals surface area contributed by atoms with Crippen LogP contribution in [0.4, 0.5) is 0 Å². The molecule has 0 aliphatic rings. The van der Waals surface area contributed by atoms with Gasteiger partial charge in [-0.15, -0.1) is 0 Å². The fourth-order valence-electron chi connectivity index (χ4n) is 1.53. The van der Waals surface area contributed by atoms with Gasteiger partial charge in [-0.2, -0.15) is 21.0 Å². The summed E-state index contributed by atoms with van der Waals surface area (Å²) < 4.78 is 5.60. The number of aliphatic hydroxyl groups is 1. The van der Waals surface area contributed by atoms with Gasteiger partial charge in [0.25, 0.3) is 0 Å². The number of halogens is 1. The summed E-state index contributed by atoms with van der Waals surface area (Å²) in [4.78, 5) is 0. The molecule has 0 heterocycles. The van der Waals surface area contributed by atoms with Crippen molar-refractivity contribution in [3.8, 4) is 30.0 Å². The van der Waals surface area contributed by atoms with Crippen molar-refractivity contribution in [2.24, 2.45) is 0 Å². The van der Waals surface area contributed by atoms with E-state index in [2.05, 4.69) is 15.9 Å². The molecule has 0 aliphatic heterocycles. The molecule has 1 rings (SSSR count). The molecule has 0 unspecified atom stereocenters. The molecule has 0 aromatic heterocycles. The Morgan fingerprint density at radius 1 is 1.00 bits per heavy atom. The van der Waals surface area contributed by atoms with Crippen LogP contribution in [0.3, 0.4) is 0 Å². The first-order valence-corrected chi connectivity index (χ1v) is 6.35. The summed E-state index contributed by atoms with van der Waals surface area (Å²) >= 11 is 3.21. The Morgan fingerprint density at radius 2 is 1.48 bits per heavy atom. The molecular weight excluding hydrogens is 336 g/mol. The number of nitrogens with zero attached hydrogens (tertiary/aromatic N) is 4. The van der Waals surface area contributed by atoms with Crippen molar-refractivity contribution >= 4 is 27.1 Å². The maximum atomic E-state index is 8.95. The van der Waals surface area contributed by atoms with Gasteiger partial charge in [0.05, 0.1) is 11.1 Å². The smallest absolute Gasteiger partial charge is 0.143 e. The third-order valence-electron chi connectivity index (χ3n) is 2.42. The second-order valence-electron chi connectivity index (χ2n) is 3.57. The first-order valence-electron chi connectivity index (χ1n) is 5.55. The Balaban J connectivity index is 3.91. The van der Waals surface area contributed by atoms with Crippen molar-refractivity contribution in [3.63, 3.8) is 0 Å². The van der Waals surface area contributed by atoms with Crippen LogP contribution < -0.4 is 15.2 Å². The van der Waals surface area contributed by atoms with Crippen molar-refractivity contribution in [2.45, 2.75) is 0 Å². The summed E-state index contributed by atoms with van der Waals surface area (Å²) in [6.45, 7) is -0.328. The highest BCUT2D eigenvalue weighted by atomic mass is 79.9. The molecule has 0 aliphatic carbocycles. The van der Waals surface area contributed by atoms with Gasteiger partial charge in [0, 0.05) is 10.4 Å². The molecule has 1 N–H and O–H groups in total. The third-order valence-corrected chi connectivity index (χ3v) is 3.21. The molecule has 21 heavy (non-hydrogen) atoms. The van der Waals surface area contributed by atoms with E-state index < -0.39 is 0 Å². The van der Waals surface area contributed by atoms with Crippen molar-refractivity contribution in [1.29, 1.82) is 21.0 Å². The van der Waals surface area contributed by atoms with Gasteiger partial charge in [-0.3, -0.25) is 0 Å². The van der Waals surface area contributed by atoms with Crippen LogP contribution in [0.2, 0.25) is 0 Å². The quantitative estimate of drug-likeness (QED) is 0.837.